The molecule has 8 nitrogen and oxygen atoms in total. The van der Waals surface area contributed by atoms with Crippen molar-refractivity contribution in [1.29, 1.82) is 0 Å². The maximum absolute atomic E-state index is 12.5. The lowest BCUT2D eigenvalue weighted by molar-refractivity contribution is -0.121. The van der Waals surface area contributed by atoms with Gasteiger partial charge in [-0.05, 0) is 36.6 Å². The minimum absolute atomic E-state index is 0.146. The lowest BCUT2D eigenvalue weighted by atomic mass is 10.1. The van der Waals surface area contributed by atoms with Crippen molar-refractivity contribution in [3.63, 3.8) is 0 Å². The molecule has 1 amide bonds. The van der Waals surface area contributed by atoms with E-state index in [9.17, 15) is 9.59 Å². The van der Waals surface area contributed by atoms with Crippen LogP contribution in [-0.2, 0) is 17.6 Å². The molecule has 3 rings (SSSR count). The topological polar surface area (TPSA) is 106 Å². The Bertz CT molecular complexity index is 1110. The lowest BCUT2D eigenvalue weighted by Crippen LogP contribution is -2.27. The summed E-state index contributed by atoms with van der Waals surface area (Å²) in [6.07, 6.45) is 3.06. The summed E-state index contributed by atoms with van der Waals surface area (Å²) < 4.78 is 11.0. The van der Waals surface area contributed by atoms with Gasteiger partial charge in [-0.3, -0.25) is 9.59 Å². The molecule has 0 atom stereocenters. The average Bonchev–Trinajstić information content (AvgIpc) is 2.84. The van der Waals surface area contributed by atoms with Gasteiger partial charge in [-0.2, -0.15) is 0 Å². The van der Waals surface area contributed by atoms with Gasteiger partial charge < -0.3 is 19.8 Å². The van der Waals surface area contributed by atoms with Gasteiger partial charge in [0, 0.05) is 24.9 Å². The van der Waals surface area contributed by atoms with E-state index in [1.165, 1.54) is 0 Å². The quantitative estimate of drug-likeness (QED) is 0.410. The Balaban J connectivity index is 1.51. The number of methoxy groups -OCH3 is 1. The molecule has 0 bridgehead atoms. The summed E-state index contributed by atoms with van der Waals surface area (Å²) in [6, 6.07) is 15.1. The maximum Gasteiger partial charge on any atom is 0.273 e. The van der Waals surface area contributed by atoms with E-state index in [4.69, 9.17) is 9.47 Å². The highest BCUT2D eigenvalue weighted by atomic mass is 16.5. The van der Waals surface area contributed by atoms with Crippen molar-refractivity contribution in [3.05, 3.63) is 70.1 Å². The third-order valence-corrected chi connectivity index (χ3v) is 5.14. The van der Waals surface area contributed by atoms with E-state index in [0.717, 1.165) is 29.9 Å². The molecule has 1 heterocycles. The van der Waals surface area contributed by atoms with E-state index in [0.29, 0.717) is 31.0 Å². The second kappa shape index (κ2) is 12.4. The van der Waals surface area contributed by atoms with E-state index >= 15 is 0 Å². The van der Waals surface area contributed by atoms with Crippen LogP contribution in [0.5, 0.6) is 11.5 Å². The molecule has 33 heavy (non-hydrogen) atoms. The monoisotopic (exact) mass is 450 g/mol. The number of nitrogens with one attached hydrogen (secondary N) is 2. The van der Waals surface area contributed by atoms with Gasteiger partial charge in [-0.25, -0.2) is 0 Å². The van der Waals surface area contributed by atoms with Crippen molar-refractivity contribution in [2.45, 2.75) is 39.0 Å². The van der Waals surface area contributed by atoms with Crippen LogP contribution in [-0.4, -0.2) is 41.3 Å². The molecule has 0 radical (unpaired) electrons. The first-order valence-electron chi connectivity index (χ1n) is 11.2. The summed E-state index contributed by atoms with van der Waals surface area (Å²) in [5.74, 6) is 1.74. The highest BCUT2D eigenvalue weighted by Gasteiger charge is 2.10. The first kappa shape index (κ1) is 24.0. The highest BCUT2D eigenvalue weighted by Crippen LogP contribution is 2.20. The summed E-state index contributed by atoms with van der Waals surface area (Å²) in [4.78, 5) is 27.4. The van der Waals surface area contributed by atoms with Crippen molar-refractivity contribution in [2.24, 2.45) is 0 Å². The minimum atomic E-state index is -0.348. The molecule has 3 aromatic rings. The van der Waals surface area contributed by atoms with Crippen LogP contribution in [0.25, 0.3) is 11.4 Å². The SMILES string of the molecule is CCCCOc1cccc(-c2nnc(CCC(=O)NCCc3ccccc3OC)c(=O)[nH]2)c1. The Kier molecular flexibility index (Phi) is 8.99. The molecule has 0 saturated heterocycles. The van der Waals surface area contributed by atoms with E-state index in [-0.39, 0.29) is 30.0 Å². The summed E-state index contributed by atoms with van der Waals surface area (Å²) in [6.45, 7) is 3.23. The fourth-order valence-electron chi connectivity index (χ4n) is 3.29. The Labute approximate surface area is 193 Å². The molecular formula is C25H30N4O4. The molecule has 0 unspecified atom stereocenters. The number of ether oxygens (including phenoxy) is 2. The van der Waals surface area contributed by atoms with Crippen LogP contribution in [0.3, 0.4) is 0 Å². The molecular weight excluding hydrogens is 420 g/mol. The number of hydrogen-bond donors (Lipinski definition) is 2. The second-order valence-corrected chi connectivity index (χ2v) is 7.59. The molecule has 0 aliphatic heterocycles. The van der Waals surface area contributed by atoms with Gasteiger partial charge in [-0.1, -0.05) is 43.7 Å². The van der Waals surface area contributed by atoms with E-state index in [2.05, 4.69) is 27.4 Å². The molecule has 0 fully saturated rings. The molecule has 1 aromatic heterocycles. The van der Waals surface area contributed by atoms with Crippen LogP contribution in [0, 0.1) is 0 Å². The third-order valence-electron chi connectivity index (χ3n) is 5.14. The number of H-pyrrole nitrogens is 1. The van der Waals surface area contributed by atoms with E-state index in [1.54, 1.807) is 7.11 Å². The summed E-state index contributed by atoms with van der Waals surface area (Å²) >= 11 is 0. The van der Waals surface area contributed by atoms with Crippen LogP contribution in [0.2, 0.25) is 0 Å². The number of hydrogen-bond acceptors (Lipinski definition) is 6. The van der Waals surface area contributed by atoms with Crippen LogP contribution >= 0.6 is 0 Å². The first-order chi connectivity index (χ1) is 16.1. The number of benzene rings is 2. The molecule has 2 N–H and O–H groups in total. The number of aryl methyl sites for hydroxylation is 1. The van der Waals surface area contributed by atoms with E-state index in [1.807, 2.05) is 48.5 Å². The fourth-order valence-corrected chi connectivity index (χ4v) is 3.29. The summed E-state index contributed by atoms with van der Waals surface area (Å²) in [5, 5.41) is 11.1. The molecule has 8 heteroatoms. The van der Waals surface area contributed by atoms with Crippen LogP contribution in [0.4, 0.5) is 0 Å². The predicted octanol–water partition coefficient (Wildman–Crippen LogP) is 3.31. The van der Waals surface area contributed by atoms with Crippen LogP contribution in [0.15, 0.2) is 53.3 Å². The number of aromatic nitrogens is 3. The number of aromatic amines is 1. The Morgan fingerprint density at radius 1 is 1.09 bits per heavy atom. The van der Waals surface area contributed by atoms with Crippen LogP contribution < -0.4 is 20.3 Å². The first-order valence-corrected chi connectivity index (χ1v) is 11.2. The number of amides is 1. The zero-order valence-corrected chi connectivity index (χ0v) is 19.1. The number of para-hydroxylation sites is 1. The lowest BCUT2D eigenvalue weighted by Gasteiger charge is -2.09. The van der Waals surface area contributed by atoms with Crippen molar-refractivity contribution < 1.29 is 14.3 Å². The summed E-state index contributed by atoms with van der Waals surface area (Å²) in [5.41, 5.74) is 1.63. The smallest absolute Gasteiger partial charge is 0.273 e. The minimum Gasteiger partial charge on any atom is -0.496 e. The Morgan fingerprint density at radius 3 is 2.73 bits per heavy atom. The zero-order chi connectivity index (χ0) is 23.5. The fraction of sp³-hybridized carbons (Fsp3) is 0.360. The van der Waals surface area contributed by atoms with Gasteiger partial charge >= 0.3 is 0 Å². The molecule has 2 aromatic carbocycles. The number of carbonyl (C=O) groups is 1. The molecule has 0 aliphatic rings. The third kappa shape index (κ3) is 7.17. The molecule has 0 spiro atoms. The van der Waals surface area contributed by atoms with Gasteiger partial charge in [0.15, 0.2) is 5.82 Å². The largest absolute Gasteiger partial charge is 0.496 e. The van der Waals surface area contributed by atoms with E-state index < -0.39 is 0 Å². The van der Waals surface area contributed by atoms with Crippen LogP contribution in [0.1, 0.15) is 37.4 Å². The number of unbranched alkanes of at least 4 members (excludes halogenated alkanes) is 1. The zero-order valence-electron chi connectivity index (χ0n) is 19.1. The number of nitrogens with zero attached hydrogens (tertiary/aromatic N) is 2. The number of carbonyl (C=O) groups excluding carboxylic acids is 1. The second-order valence-electron chi connectivity index (χ2n) is 7.59. The Hall–Kier alpha value is -3.68. The average molecular weight is 451 g/mol. The van der Waals surface area contributed by atoms with Crippen molar-refractivity contribution in [3.8, 4) is 22.9 Å². The molecule has 174 valence electrons. The molecule has 0 saturated carbocycles. The van der Waals surface area contributed by atoms with Gasteiger partial charge in [0.1, 0.15) is 17.2 Å². The highest BCUT2D eigenvalue weighted by molar-refractivity contribution is 5.76. The van der Waals surface area contributed by atoms with Gasteiger partial charge in [0.25, 0.3) is 5.56 Å². The maximum atomic E-state index is 12.5. The van der Waals surface area contributed by atoms with Gasteiger partial charge in [0.05, 0.1) is 13.7 Å². The number of rotatable bonds is 12. The molecule has 0 aliphatic carbocycles. The summed E-state index contributed by atoms with van der Waals surface area (Å²) in [7, 11) is 1.62. The standard InChI is InChI=1S/C25H30N4O4/c1-3-4-16-33-20-10-7-9-19(17-20)24-27-25(31)21(28-29-24)12-13-23(30)26-15-14-18-8-5-6-11-22(18)32-2/h5-11,17H,3-4,12-16H2,1-2H3,(H,26,30)(H,27,29,31). The van der Waals surface area contributed by atoms with Gasteiger partial charge in [-0.15, -0.1) is 10.2 Å². The van der Waals surface area contributed by atoms with Gasteiger partial charge in [0.2, 0.25) is 5.91 Å². The predicted molar refractivity (Wildman–Crippen MR) is 127 cm³/mol. The Morgan fingerprint density at radius 2 is 1.94 bits per heavy atom. The van der Waals surface area contributed by atoms with Crippen molar-refractivity contribution in [2.75, 3.05) is 20.3 Å². The van der Waals surface area contributed by atoms with Crippen molar-refractivity contribution in [1.82, 2.24) is 20.5 Å². The normalized spacial score (nSPS) is 10.6. The van der Waals surface area contributed by atoms with Crippen molar-refractivity contribution >= 4 is 5.91 Å².